The third-order valence-electron chi connectivity index (χ3n) is 3.89. The van der Waals surface area contributed by atoms with Crippen molar-refractivity contribution in [3.8, 4) is 0 Å². The second kappa shape index (κ2) is 7.51. The zero-order valence-corrected chi connectivity index (χ0v) is 14.3. The quantitative estimate of drug-likeness (QED) is 0.872. The molecule has 0 radical (unpaired) electrons. The molecule has 1 saturated heterocycles. The minimum Gasteiger partial charge on any atom is -0.378 e. The maximum atomic E-state index is 13.1. The van der Waals surface area contributed by atoms with Gasteiger partial charge in [-0.2, -0.15) is 13.2 Å². The Morgan fingerprint density at radius 1 is 1.19 bits per heavy atom. The van der Waals surface area contributed by atoms with Gasteiger partial charge < -0.3 is 15.0 Å². The molecule has 5 nitrogen and oxygen atoms in total. The van der Waals surface area contributed by atoms with Crippen LogP contribution in [0.1, 0.15) is 16.1 Å². The lowest BCUT2D eigenvalue weighted by molar-refractivity contribution is -0.136. The molecular formula is C17H15ClF3N3O2. The Morgan fingerprint density at radius 3 is 2.62 bits per heavy atom. The number of ether oxygens (including phenoxy) is 1. The molecule has 0 atom stereocenters. The number of nitrogens with one attached hydrogen (secondary N) is 1. The van der Waals surface area contributed by atoms with Crippen LogP contribution in [-0.2, 0) is 10.9 Å². The topological polar surface area (TPSA) is 54.5 Å². The predicted molar refractivity (Wildman–Crippen MR) is 91.7 cm³/mol. The summed E-state index contributed by atoms with van der Waals surface area (Å²) >= 11 is 5.64. The van der Waals surface area contributed by atoms with E-state index >= 15 is 0 Å². The molecule has 0 aliphatic carbocycles. The maximum Gasteiger partial charge on any atom is 0.418 e. The van der Waals surface area contributed by atoms with Crippen LogP contribution in [0.15, 0.2) is 36.5 Å². The van der Waals surface area contributed by atoms with Gasteiger partial charge in [-0.25, -0.2) is 0 Å². The summed E-state index contributed by atoms with van der Waals surface area (Å²) in [5, 5.41) is 2.20. The molecule has 2 aromatic rings. The van der Waals surface area contributed by atoms with E-state index in [1.165, 1.54) is 12.3 Å². The average molecular weight is 386 g/mol. The van der Waals surface area contributed by atoms with Gasteiger partial charge in [0.25, 0.3) is 5.91 Å². The molecule has 1 amide bonds. The average Bonchev–Trinajstić information content (AvgIpc) is 2.63. The predicted octanol–water partition coefficient (Wildman–Crippen LogP) is 3.84. The van der Waals surface area contributed by atoms with Crippen molar-refractivity contribution in [2.75, 3.05) is 36.5 Å². The first-order valence-corrected chi connectivity index (χ1v) is 8.19. The number of amides is 1. The van der Waals surface area contributed by atoms with Crippen molar-refractivity contribution in [3.63, 3.8) is 0 Å². The molecule has 3 rings (SSSR count). The number of pyridine rings is 1. The maximum absolute atomic E-state index is 13.1. The fourth-order valence-corrected chi connectivity index (χ4v) is 2.78. The number of morpholine rings is 1. The monoisotopic (exact) mass is 385 g/mol. The Balaban J connectivity index is 1.83. The van der Waals surface area contributed by atoms with E-state index in [0.29, 0.717) is 26.3 Å². The van der Waals surface area contributed by atoms with Gasteiger partial charge in [0, 0.05) is 30.0 Å². The van der Waals surface area contributed by atoms with Crippen LogP contribution in [0.5, 0.6) is 0 Å². The molecule has 26 heavy (non-hydrogen) atoms. The Hall–Kier alpha value is -2.32. The van der Waals surface area contributed by atoms with E-state index in [1.807, 2.05) is 4.90 Å². The fraction of sp³-hybridized carbons (Fsp3) is 0.294. The van der Waals surface area contributed by atoms with Crippen LogP contribution in [0.3, 0.4) is 0 Å². The van der Waals surface area contributed by atoms with Crippen molar-refractivity contribution in [1.29, 1.82) is 0 Å². The van der Waals surface area contributed by atoms with E-state index in [-0.39, 0.29) is 16.4 Å². The van der Waals surface area contributed by atoms with Gasteiger partial charge in [0.2, 0.25) is 0 Å². The smallest absolute Gasteiger partial charge is 0.378 e. The van der Waals surface area contributed by atoms with E-state index in [4.69, 9.17) is 16.3 Å². The number of halogens is 4. The van der Waals surface area contributed by atoms with E-state index in [1.54, 1.807) is 12.1 Å². The van der Waals surface area contributed by atoms with Crippen molar-refractivity contribution in [1.82, 2.24) is 4.98 Å². The summed E-state index contributed by atoms with van der Waals surface area (Å²) in [5.41, 5.74) is -0.592. The fourth-order valence-electron chi connectivity index (χ4n) is 2.61. The highest BCUT2D eigenvalue weighted by molar-refractivity contribution is 6.30. The van der Waals surface area contributed by atoms with E-state index in [2.05, 4.69) is 10.3 Å². The minimum absolute atomic E-state index is 0.0251. The largest absolute Gasteiger partial charge is 0.418 e. The summed E-state index contributed by atoms with van der Waals surface area (Å²) in [4.78, 5) is 18.4. The summed E-state index contributed by atoms with van der Waals surface area (Å²) in [6, 6.07) is 6.46. The molecule has 2 heterocycles. The normalized spacial score (nSPS) is 15.0. The van der Waals surface area contributed by atoms with Crippen LogP contribution in [0.25, 0.3) is 0 Å². The number of rotatable bonds is 3. The van der Waals surface area contributed by atoms with E-state index in [0.717, 1.165) is 17.8 Å². The first-order valence-electron chi connectivity index (χ1n) is 7.81. The number of hydrogen-bond acceptors (Lipinski definition) is 4. The summed E-state index contributed by atoms with van der Waals surface area (Å²) in [6.07, 6.45) is -3.19. The zero-order valence-electron chi connectivity index (χ0n) is 13.5. The summed E-state index contributed by atoms with van der Waals surface area (Å²) in [6.45, 7) is 2.48. The molecule has 0 saturated carbocycles. The number of benzene rings is 1. The number of carbonyl (C=O) groups excluding carboxylic acids is 1. The molecule has 138 valence electrons. The summed E-state index contributed by atoms with van der Waals surface area (Å²) < 4.78 is 44.7. The van der Waals surface area contributed by atoms with Crippen LogP contribution in [0.2, 0.25) is 5.02 Å². The number of alkyl halides is 3. The van der Waals surface area contributed by atoms with Crippen molar-refractivity contribution in [3.05, 3.63) is 52.8 Å². The van der Waals surface area contributed by atoms with E-state index < -0.39 is 17.6 Å². The van der Waals surface area contributed by atoms with Crippen LogP contribution >= 0.6 is 11.6 Å². The van der Waals surface area contributed by atoms with Crippen LogP contribution in [0, 0.1) is 0 Å². The lowest BCUT2D eigenvalue weighted by Crippen LogP contribution is -2.36. The third-order valence-corrected chi connectivity index (χ3v) is 4.12. The number of aromatic nitrogens is 1. The van der Waals surface area contributed by atoms with Gasteiger partial charge in [-0.3, -0.25) is 9.78 Å². The van der Waals surface area contributed by atoms with Gasteiger partial charge in [0.05, 0.1) is 24.5 Å². The molecule has 1 fully saturated rings. The van der Waals surface area contributed by atoms with Gasteiger partial charge >= 0.3 is 6.18 Å². The number of anilines is 2. The summed E-state index contributed by atoms with van der Waals surface area (Å²) in [7, 11) is 0. The van der Waals surface area contributed by atoms with Gasteiger partial charge in [-0.15, -0.1) is 0 Å². The van der Waals surface area contributed by atoms with Gasteiger partial charge in [-0.05, 0) is 30.3 Å². The van der Waals surface area contributed by atoms with Crippen LogP contribution in [-0.4, -0.2) is 37.2 Å². The second-order valence-electron chi connectivity index (χ2n) is 5.64. The SMILES string of the molecule is O=C(Nc1ccc(Cl)cc1C(F)(F)F)c1cc(N2CCOCC2)ccn1. The first kappa shape index (κ1) is 18.5. The van der Waals surface area contributed by atoms with Crippen molar-refractivity contribution in [2.45, 2.75) is 6.18 Å². The Labute approximate surface area is 152 Å². The Bertz CT molecular complexity index is 808. The third kappa shape index (κ3) is 4.25. The molecule has 9 heteroatoms. The molecule has 0 bridgehead atoms. The number of nitrogens with zero attached hydrogens (tertiary/aromatic N) is 2. The second-order valence-corrected chi connectivity index (χ2v) is 6.08. The molecule has 1 aromatic carbocycles. The van der Waals surface area contributed by atoms with Gasteiger partial charge in [0.1, 0.15) is 5.69 Å². The van der Waals surface area contributed by atoms with Crippen molar-refractivity contribution >= 4 is 28.9 Å². The molecule has 1 aliphatic heterocycles. The van der Waals surface area contributed by atoms with Gasteiger partial charge in [-0.1, -0.05) is 11.6 Å². The lowest BCUT2D eigenvalue weighted by Gasteiger charge is -2.28. The molecule has 1 N–H and O–H groups in total. The lowest BCUT2D eigenvalue weighted by atomic mass is 10.1. The zero-order chi connectivity index (χ0) is 18.7. The molecule has 0 unspecified atom stereocenters. The Kier molecular flexibility index (Phi) is 5.33. The van der Waals surface area contributed by atoms with Crippen LogP contribution < -0.4 is 10.2 Å². The number of hydrogen-bond donors (Lipinski definition) is 1. The van der Waals surface area contributed by atoms with E-state index in [9.17, 15) is 18.0 Å². The van der Waals surface area contributed by atoms with Gasteiger partial charge in [0.15, 0.2) is 0 Å². The van der Waals surface area contributed by atoms with Crippen LogP contribution in [0.4, 0.5) is 24.5 Å². The standard InChI is InChI=1S/C17H15ClF3N3O2/c18-11-1-2-14(13(9-11)17(19,20)21)23-16(25)15-10-12(3-4-22-15)24-5-7-26-8-6-24/h1-4,9-10H,5-8H2,(H,23,25). The number of carbonyl (C=O) groups is 1. The first-order chi connectivity index (χ1) is 12.3. The highest BCUT2D eigenvalue weighted by Gasteiger charge is 2.34. The Morgan fingerprint density at radius 2 is 1.92 bits per heavy atom. The molecule has 1 aromatic heterocycles. The molecule has 0 spiro atoms. The van der Waals surface area contributed by atoms with Crippen molar-refractivity contribution < 1.29 is 22.7 Å². The highest BCUT2D eigenvalue weighted by Crippen LogP contribution is 2.36. The minimum atomic E-state index is -4.64. The van der Waals surface area contributed by atoms with Crippen molar-refractivity contribution in [2.24, 2.45) is 0 Å². The highest BCUT2D eigenvalue weighted by atomic mass is 35.5. The summed E-state index contributed by atoms with van der Waals surface area (Å²) in [5.74, 6) is -0.729. The molecule has 1 aliphatic rings. The molecular weight excluding hydrogens is 371 g/mol.